The van der Waals surface area contributed by atoms with Gasteiger partial charge in [0.05, 0.1) is 12.2 Å². The van der Waals surface area contributed by atoms with E-state index >= 15 is 0 Å². The summed E-state index contributed by atoms with van der Waals surface area (Å²) in [5.74, 6) is 0.296. The Labute approximate surface area is 133 Å². The molecule has 22 heavy (non-hydrogen) atoms. The fourth-order valence-electron chi connectivity index (χ4n) is 2.70. The topological polar surface area (TPSA) is 49.8 Å². The van der Waals surface area contributed by atoms with E-state index in [4.69, 9.17) is 4.74 Å². The first-order valence-corrected chi connectivity index (χ1v) is 8.11. The molecule has 1 N–H and O–H groups in total. The number of rotatable bonds is 6. The van der Waals surface area contributed by atoms with Gasteiger partial charge in [-0.1, -0.05) is 37.3 Å². The summed E-state index contributed by atoms with van der Waals surface area (Å²) >= 11 is 0. The molecule has 1 saturated heterocycles. The van der Waals surface area contributed by atoms with E-state index in [-0.39, 0.29) is 11.8 Å². The van der Waals surface area contributed by atoms with Crippen molar-refractivity contribution >= 4 is 5.91 Å². The van der Waals surface area contributed by atoms with Crippen molar-refractivity contribution in [1.82, 2.24) is 4.90 Å². The van der Waals surface area contributed by atoms with Gasteiger partial charge in [0.25, 0.3) is 0 Å². The standard InChI is InChI=1S/C18H27NO3/c1-15-13-19(11-10-18(15,2)21)17(20)9-6-12-22-14-16-7-4-3-5-8-16/h3-5,7-8,15,21H,6,9-14H2,1-2H3/t15-,18+/m1/s1. The lowest BCUT2D eigenvalue weighted by Gasteiger charge is -2.41. The number of aliphatic hydroxyl groups is 1. The fourth-order valence-corrected chi connectivity index (χ4v) is 2.70. The highest BCUT2D eigenvalue weighted by molar-refractivity contribution is 5.76. The van der Waals surface area contributed by atoms with E-state index in [9.17, 15) is 9.90 Å². The van der Waals surface area contributed by atoms with Crippen molar-refractivity contribution in [2.75, 3.05) is 19.7 Å². The zero-order chi connectivity index (χ0) is 16.0. The summed E-state index contributed by atoms with van der Waals surface area (Å²) in [5, 5.41) is 10.1. The first-order chi connectivity index (χ1) is 10.5. The largest absolute Gasteiger partial charge is 0.390 e. The highest BCUT2D eigenvalue weighted by atomic mass is 16.5. The van der Waals surface area contributed by atoms with E-state index in [1.807, 2.05) is 49.1 Å². The Hall–Kier alpha value is -1.39. The quantitative estimate of drug-likeness (QED) is 0.822. The molecule has 0 saturated carbocycles. The Morgan fingerprint density at radius 2 is 2.14 bits per heavy atom. The summed E-state index contributed by atoms with van der Waals surface area (Å²) in [6, 6.07) is 10.0. The lowest BCUT2D eigenvalue weighted by atomic mass is 9.84. The zero-order valence-corrected chi connectivity index (χ0v) is 13.6. The average Bonchev–Trinajstić information content (AvgIpc) is 2.50. The Balaban J connectivity index is 1.62. The third-order valence-electron chi connectivity index (χ3n) is 4.59. The van der Waals surface area contributed by atoms with Crippen molar-refractivity contribution in [2.24, 2.45) is 5.92 Å². The summed E-state index contributed by atoms with van der Waals surface area (Å²) in [6.45, 7) is 6.36. The molecule has 4 nitrogen and oxygen atoms in total. The van der Waals surface area contributed by atoms with Crippen LogP contribution < -0.4 is 0 Å². The van der Waals surface area contributed by atoms with Gasteiger partial charge in [-0.3, -0.25) is 4.79 Å². The second-order valence-corrected chi connectivity index (χ2v) is 6.49. The van der Waals surface area contributed by atoms with E-state index in [1.54, 1.807) is 0 Å². The number of ether oxygens (including phenoxy) is 1. The number of hydrogen-bond acceptors (Lipinski definition) is 3. The molecule has 0 aromatic heterocycles. The Morgan fingerprint density at radius 1 is 1.41 bits per heavy atom. The average molecular weight is 305 g/mol. The van der Waals surface area contributed by atoms with Gasteiger partial charge in [-0.25, -0.2) is 0 Å². The first-order valence-electron chi connectivity index (χ1n) is 8.11. The minimum absolute atomic E-state index is 0.125. The maximum atomic E-state index is 12.2. The normalized spacial score (nSPS) is 25.2. The van der Waals surface area contributed by atoms with Crippen LogP contribution in [0.15, 0.2) is 30.3 Å². The highest BCUT2D eigenvalue weighted by Gasteiger charge is 2.35. The maximum absolute atomic E-state index is 12.2. The number of carbonyl (C=O) groups is 1. The van der Waals surface area contributed by atoms with Crippen LogP contribution >= 0.6 is 0 Å². The molecule has 1 aromatic rings. The van der Waals surface area contributed by atoms with Crippen LogP contribution in [0.5, 0.6) is 0 Å². The zero-order valence-electron chi connectivity index (χ0n) is 13.6. The third kappa shape index (κ3) is 4.82. The number of amides is 1. The van der Waals surface area contributed by atoms with Crippen molar-refractivity contribution in [3.8, 4) is 0 Å². The number of benzene rings is 1. The van der Waals surface area contributed by atoms with Crippen molar-refractivity contribution < 1.29 is 14.6 Å². The molecule has 0 spiro atoms. The Bertz CT molecular complexity index is 472. The number of carbonyl (C=O) groups excluding carboxylic acids is 1. The van der Waals surface area contributed by atoms with Gasteiger partial charge in [-0.2, -0.15) is 0 Å². The molecule has 1 amide bonds. The van der Waals surface area contributed by atoms with Gasteiger partial charge in [0.2, 0.25) is 5.91 Å². The van der Waals surface area contributed by atoms with E-state index in [2.05, 4.69) is 0 Å². The van der Waals surface area contributed by atoms with Crippen LogP contribution in [-0.4, -0.2) is 41.2 Å². The van der Waals surface area contributed by atoms with Crippen molar-refractivity contribution in [3.05, 3.63) is 35.9 Å². The maximum Gasteiger partial charge on any atom is 0.222 e. The van der Waals surface area contributed by atoms with Gasteiger partial charge in [0.15, 0.2) is 0 Å². The molecule has 1 heterocycles. The van der Waals surface area contributed by atoms with Gasteiger partial charge in [0.1, 0.15) is 0 Å². The molecule has 1 aliphatic heterocycles. The van der Waals surface area contributed by atoms with Crippen molar-refractivity contribution in [1.29, 1.82) is 0 Å². The third-order valence-corrected chi connectivity index (χ3v) is 4.59. The van der Waals surface area contributed by atoms with Crippen LogP contribution in [0.25, 0.3) is 0 Å². The van der Waals surface area contributed by atoms with Crippen LogP contribution in [0.4, 0.5) is 0 Å². The molecule has 0 bridgehead atoms. The van der Waals surface area contributed by atoms with E-state index in [0.29, 0.717) is 39.1 Å². The van der Waals surface area contributed by atoms with Crippen LogP contribution in [-0.2, 0) is 16.1 Å². The Morgan fingerprint density at radius 3 is 2.82 bits per heavy atom. The number of nitrogens with zero attached hydrogens (tertiary/aromatic N) is 1. The van der Waals surface area contributed by atoms with Crippen LogP contribution in [0.3, 0.4) is 0 Å². The van der Waals surface area contributed by atoms with Gasteiger partial charge < -0.3 is 14.7 Å². The minimum atomic E-state index is -0.643. The molecule has 2 atom stereocenters. The van der Waals surface area contributed by atoms with Crippen LogP contribution in [0, 0.1) is 5.92 Å². The molecular weight excluding hydrogens is 278 g/mol. The molecule has 1 fully saturated rings. The predicted octanol–water partition coefficient (Wildman–Crippen LogP) is 2.60. The second kappa shape index (κ2) is 7.75. The fraction of sp³-hybridized carbons (Fsp3) is 0.611. The van der Waals surface area contributed by atoms with Crippen molar-refractivity contribution in [3.63, 3.8) is 0 Å². The predicted molar refractivity (Wildman–Crippen MR) is 86.3 cm³/mol. The molecule has 4 heteroatoms. The number of hydrogen-bond donors (Lipinski definition) is 1. The van der Waals surface area contributed by atoms with Crippen LogP contribution in [0.2, 0.25) is 0 Å². The van der Waals surface area contributed by atoms with E-state index in [0.717, 1.165) is 12.0 Å². The van der Waals surface area contributed by atoms with Gasteiger partial charge in [-0.05, 0) is 25.3 Å². The molecule has 0 radical (unpaired) electrons. The lowest BCUT2D eigenvalue weighted by Crippen LogP contribution is -2.50. The second-order valence-electron chi connectivity index (χ2n) is 6.49. The molecule has 1 aromatic carbocycles. The van der Waals surface area contributed by atoms with Gasteiger partial charge >= 0.3 is 0 Å². The van der Waals surface area contributed by atoms with Crippen molar-refractivity contribution in [2.45, 2.75) is 45.3 Å². The summed E-state index contributed by atoms with van der Waals surface area (Å²) in [5.41, 5.74) is 0.510. The van der Waals surface area contributed by atoms with E-state index < -0.39 is 5.60 Å². The van der Waals surface area contributed by atoms with Gasteiger partial charge in [-0.15, -0.1) is 0 Å². The first kappa shape index (κ1) is 17.0. The highest BCUT2D eigenvalue weighted by Crippen LogP contribution is 2.27. The molecule has 122 valence electrons. The molecule has 2 rings (SSSR count). The lowest BCUT2D eigenvalue weighted by molar-refractivity contribution is -0.138. The Kier molecular flexibility index (Phi) is 5.98. The van der Waals surface area contributed by atoms with Gasteiger partial charge in [0, 0.05) is 32.0 Å². The minimum Gasteiger partial charge on any atom is -0.390 e. The number of piperidine rings is 1. The summed E-state index contributed by atoms with van der Waals surface area (Å²) in [7, 11) is 0. The molecular formula is C18H27NO3. The summed E-state index contributed by atoms with van der Waals surface area (Å²) < 4.78 is 5.60. The summed E-state index contributed by atoms with van der Waals surface area (Å²) in [4.78, 5) is 14.1. The molecule has 0 unspecified atom stereocenters. The van der Waals surface area contributed by atoms with E-state index in [1.165, 1.54) is 0 Å². The SMILES string of the molecule is C[C@@H]1CN(C(=O)CCCOCc2ccccc2)CC[C@]1(C)O. The van der Waals surface area contributed by atoms with Crippen LogP contribution in [0.1, 0.15) is 38.7 Å². The number of likely N-dealkylation sites (tertiary alicyclic amines) is 1. The smallest absolute Gasteiger partial charge is 0.222 e. The molecule has 1 aliphatic rings. The summed E-state index contributed by atoms with van der Waals surface area (Å²) in [6.07, 6.45) is 1.92. The molecule has 0 aliphatic carbocycles. The monoisotopic (exact) mass is 305 g/mol.